The summed E-state index contributed by atoms with van der Waals surface area (Å²) in [6.07, 6.45) is 0.970. The zero-order chi connectivity index (χ0) is 24.0. The first-order valence-corrected chi connectivity index (χ1v) is 11.7. The van der Waals surface area contributed by atoms with Crippen molar-refractivity contribution in [2.45, 2.75) is 65.7 Å². The van der Waals surface area contributed by atoms with Gasteiger partial charge in [0.25, 0.3) is 0 Å². The molecule has 1 aromatic heterocycles. The van der Waals surface area contributed by atoms with Gasteiger partial charge >= 0.3 is 0 Å². The van der Waals surface area contributed by atoms with E-state index in [0.717, 1.165) is 39.8 Å². The maximum atomic E-state index is 11.6. The average molecular weight is 442 g/mol. The quantitative estimate of drug-likeness (QED) is 0.357. The Morgan fingerprint density at radius 3 is 1.79 bits per heavy atom. The maximum absolute atomic E-state index is 11.6. The minimum atomic E-state index is -0.464. The highest BCUT2D eigenvalue weighted by atomic mass is 16.3. The molecule has 0 fully saturated rings. The van der Waals surface area contributed by atoms with Crippen LogP contribution < -0.4 is 0 Å². The Balaban J connectivity index is 1.84. The average Bonchev–Trinajstić information content (AvgIpc) is 3.16. The molecule has 0 aliphatic heterocycles. The SMILES string of the molecule is CC(C)(C)CC(C)(C)c1cccc(C(C)(C)c2ccccc2-n2nc3ccccc3n2)c1O. The maximum Gasteiger partial charge on any atom is 0.123 e. The topological polar surface area (TPSA) is 50.9 Å². The van der Waals surface area contributed by atoms with Crippen LogP contribution in [0.2, 0.25) is 0 Å². The molecule has 1 N–H and O–H groups in total. The molecule has 4 heteroatoms. The van der Waals surface area contributed by atoms with Crippen molar-refractivity contribution in [3.05, 3.63) is 83.4 Å². The third kappa shape index (κ3) is 4.39. The second-order valence-corrected chi connectivity index (χ2v) is 11.4. The van der Waals surface area contributed by atoms with E-state index in [1.54, 1.807) is 4.80 Å². The smallest absolute Gasteiger partial charge is 0.123 e. The Labute approximate surface area is 197 Å². The van der Waals surface area contributed by atoms with Crippen molar-refractivity contribution < 1.29 is 5.11 Å². The molecule has 172 valence electrons. The number of aromatic hydroxyl groups is 1. The number of benzene rings is 3. The van der Waals surface area contributed by atoms with Gasteiger partial charge in [0.2, 0.25) is 0 Å². The fourth-order valence-electron chi connectivity index (χ4n) is 5.30. The van der Waals surface area contributed by atoms with E-state index in [-0.39, 0.29) is 10.8 Å². The number of hydrogen-bond donors (Lipinski definition) is 1. The Kier molecular flexibility index (Phi) is 5.60. The molecular weight excluding hydrogens is 406 g/mol. The van der Waals surface area contributed by atoms with Gasteiger partial charge in [0, 0.05) is 11.0 Å². The van der Waals surface area contributed by atoms with E-state index < -0.39 is 5.41 Å². The summed E-state index contributed by atoms with van der Waals surface area (Å²) < 4.78 is 0. The van der Waals surface area contributed by atoms with Crippen molar-refractivity contribution in [2.75, 3.05) is 0 Å². The second kappa shape index (κ2) is 8.02. The van der Waals surface area contributed by atoms with Gasteiger partial charge in [-0.15, -0.1) is 10.2 Å². The molecule has 3 aromatic carbocycles. The Bertz CT molecular complexity index is 1260. The van der Waals surface area contributed by atoms with Gasteiger partial charge < -0.3 is 5.11 Å². The third-order valence-corrected chi connectivity index (χ3v) is 6.49. The number of nitrogens with zero attached hydrogens (tertiary/aromatic N) is 3. The van der Waals surface area contributed by atoms with Crippen molar-refractivity contribution in [2.24, 2.45) is 5.41 Å². The molecule has 0 aliphatic carbocycles. The van der Waals surface area contributed by atoms with E-state index in [1.807, 2.05) is 48.5 Å². The third-order valence-electron chi connectivity index (χ3n) is 6.49. The minimum Gasteiger partial charge on any atom is -0.507 e. The molecule has 4 nitrogen and oxygen atoms in total. The zero-order valence-corrected chi connectivity index (χ0v) is 20.8. The van der Waals surface area contributed by atoms with Crippen LogP contribution in [0, 0.1) is 5.41 Å². The van der Waals surface area contributed by atoms with Gasteiger partial charge in [-0.25, -0.2) is 0 Å². The van der Waals surface area contributed by atoms with E-state index in [4.69, 9.17) is 10.2 Å². The summed E-state index contributed by atoms with van der Waals surface area (Å²) >= 11 is 0. The fraction of sp³-hybridized carbons (Fsp3) is 0.379. The van der Waals surface area contributed by atoms with Crippen LogP contribution in [0.15, 0.2) is 66.7 Å². The van der Waals surface area contributed by atoms with Crippen LogP contribution in [0.25, 0.3) is 16.7 Å². The van der Waals surface area contributed by atoms with E-state index in [0.29, 0.717) is 5.75 Å². The van der Waals surface area contributed by atoms with Crippen LogP contribution in [0.4, 0.5) is 0 Å². The van der Waals surface area contributed by atoms with Gasteiger partial charge in [-0.2, -0.15) is 4.80 Å². The summed E-state index contributed by atoms with van der Waals surface area (Å²) in [5.74, 6) is 0.380. The molecule has 0 unspecified atom stereocenters. The minimum absolute atomic E-state index is 0.155. The highest BCUT2D eigenvalue weighted by Crippen LogP contribution is 2.46. The summed E-state index contributed by atoms with van der Waals surface area (Å²) in [7, 11) is 0. The summed E-state index contributed by atoms with van der Waals surface area (Å²) in [4.78, 5) is 1.71. The molecule has 4 aromatic rings. The van der Waals surface area contributed by atoms with Crippen molar-refractivity contribution >= 4 is 11.0 Å². The zero-order valence-electron chi connectivity index (χ0n) is 20.8. The number of rotatable bonds is 5. The molecule has 0 spiro atoms. The van der Waals surface area contributed by atoms with Gasteiger partial charge in [0.15, 0.2) is 0 Å². The lowest BCUT2D eigenvalue weighted by atomic mass is 9.69. The van der Waals surface area contributed by atoms with E-state index in [1.165, 1.54) is 0 Å². The highest BCUT2D eigenvalue weighted by Gasteiger charge is 2.35. The lowest BCUT2D eigenvalue weighted by molar-refractivity contribution is 0.277. The second-order valence-electron chi connectivity index (χ2n) is 11.4. The van der Waals surface area contributed by atoms with Crippen molar-refractivity contribution in [3.8, 4) is 11.4 Å². The van der Waals surface area contributed by atoms with E-state index in [2.05, 4.69) is 66.7 Å². The summed E-state index contributed by atoms with van der Waals surface area (Å²) in [6.45, 7) is 15.5. The number of para-hydroxylation sites is 2. The van der Waals surface area contributed by atoms with Crippen molar-refractivity contribution in [1.82, 2.24) is 15.0 Å². The first kappa shape index (κ1) is 23.0. The molecule has 4 rings (SSSR count). The number of aromatic nitrogens is 3. The molecule has 0 saturated carbocycles. The van der Waals surface area contributed by atoms with Gasteiger partial charge in [0.1, 0.15) is 16.8 Å². The van der Waals surface area contributed by atoms with E-state index in [9.17, 15) is 5.11 Å². The standard InChI is InChI=1S/C29H35N3O/c1-27(2,3)19-28(4,5)21-14-12-15-22(26(21)33)29(6,7)20-13-8-11-18-25(20)32-30-23-16-9-10-17-24(23)31-32/h8-18,33H,19H2,1-7H3. The van der Waals surface area contributed by atoms with Crippen LogP contribution in [-0.4, -0.2) is 20.1 Å². The molecule has 0 bridgehead atoms. The molecule has 0 saturated heterocycles. The van der Waals surface area contributed by atoms with Gasteiger partial charge in [-0.05, 0) is 46.6 Å². The summed E-state index contributed by atoms with van der Waals surface area (Å²) in [5.41, 5.74) is 5.13. The molecule has 0 radical (unpaired) electrons. The predicted octanol–water partition coefficient (Wildman–Crippen LogP) is 7.17. The number of phenolic OH excluding ortho intramolecular Hbond substituents is 1. The summed E-state index contributed by atoms with van der Waals surface area (Å²) in [5, 5.41) is 21.0. The van der Waals surface area contributed by atoms with E-state index >= 15 is 0 Å². The number of hydrogen-bond acceptors (Lipinski definition) is 3. The Morgan fingerprint density at radius 1 is 0.667 bits per heavy atom. The molecular formula is C29H35N3O. The lowest BCUT2D eigenvalue weighted by Crippen LogP contribution is -2.27. The van der Waals surface area contributed by atoms with Gasteiger partial charge in [0.05, 0.1) is 5.69 Å². The highest BCUT2D eigenvalue weighted by molar-refractivity contribution is 5.73. The molecule has 33 heavy (non-hydrogen) atoms. The number of phenols is 1. The molecule has 1 heterocycles. The summed E-state index contributed by atoms with van der Waals surface area (Å²) in [6, 6.07) is 22.2. The van der Waals surface area contributed by atoms with Crippen LogP contribution >= 0.6 is 0 Å². The molecule has 0 amide bonds. The van der Waals surface area contributed by atoms with Crippen LogP contribution in [0.1, 0.15) is 71.6 Å². The predicted molar refractivity (Wildman–Crippen MR) is 136 cm³/mol. The van der Waals surface area contributed by atoms with Crippen LogP contribution in [-0.2, 0) is 10.8 Å². The van der Waals surface area contributed by atoms with Gasteiger partial charge in [-0.3, -0.25) is 0 Å². The number of fused-ring (bicyclic) bond motifs is 1. The molecule has 0 aliphatic rings. The van der Waals surface area contributed by atoms with Crippen molar-refractivity contribution in [3.63, 3.8) is 0 Å². The fourth-order valence-corrected chi connectivity index (χ4v) is 5.30. The van der Waals surface area contributed by atoms with Crippen molar-refractivity contribution in [1.29, 1.82) is 0 Å². The largest absolute Gasteiger partial charge is 0.507 e. The normalized spacial score (nSPS) is 12.9. The first-order valence-electron chi connectivity index (χ1n) is 11.7. The van der Waals surface area contributed by atoms with Crippen LogP contribution in [0.5, 0.6) is 5.75 Å². The lowest BCUT2D eigenvalue weighted by Gasteiger charge is -2.35. The Morgan fingerprint density at radius 2 is 1.18 bits per heavy atom. The Hall–Kier alpha value is -3.14. The monoisotopic (exact) mass is 441 g/mol. The molecule has 0 atom stereocenters. The van der Waals surface area contributed by atoms with Crippen LogP contribution in [0.3, 0.4) is 0 Å². The first-order chi connectivity index (χ1) is 15.4. The van der Waals surface area contributed by atoms with Gasteiger partial charge in [-0.1, -0.05) is 97.0 Å².